The number of hydrogen-bond donors (Lipinski definition) is 1. The van der Waals surface area contributed by atoms with Crippen LogP contribution in [0.25, 0.3) is 22.2 Å². The third-order valence-corrected chi connectivity index (χ3v) is 6.69. The molecule has 28 heavy (non-hydrogen) atoms. The minimum Gasteiger partial charge on any atom is -0.415 e. The molecule has 2 N–H and O–H groups in total. The average molecular weight is 405 g/mol. The molecule has 138 valence electrons. The minimum absolute atomic E-state index is 0.333. The summed E-state index contributed by atoms with van der Waals surface area (Å²) >= 11 is 3.00. The highest BCUT2D eigenvalue weighted by Crippen LogP contribution is 2.44. The number of nitrogens with two attached hydrogens (primary N) is 1. The largest absolute Gasteiger partial charge is 0.415 e. The molecular weight excluding hydrogens is 388 g/mol. The van der Waals surface area contributed by atoms with E-state index in [1.165, 1.54) is 22.5 Å². The first-order valence-electron chi connectivity index (χ1n) is 8.55. The van der Waals surface area contributed by atoms with Crippen LogP contribution in [-0.4, -0.2) is 10.2 Å². The lowest BCUT2D eigenvalue weighted by molar-refractivity contribution is 0.586. The molecule has 0 unspecified atom stereocenters. The van der Waals surface area contributed by atoms with Gasteiger partial charge in [0.05, 0.1) is 9.90 Å². The molecule has 0 radical (unpaired) electrons. The number of benzene rings is 2. The van der Waals surface area contributed by atoms with Crippen LogP contribution in [-0.2, 0) is 5.75 Å². The van der Waals surface area contributed by atoms with E-state index in [0.717, 1.165) is 15.5 Å². The number of nitrogens with zero attached hydrogens (tertiary/aromatic N) is 3. The van der Waals surface area contributed by atoms with Gasteiger partial charge in [0.2, 0.25) is 5.89 Å². The molecule has 2 aromatic carbocycles. The van der Waals surface area contributed by atoms with Crippen LogP contribution in [0.3, 0.4) is 0 Å². The van der Waals surface area contributed by atoms with Gasteiger partial charge in [-0.05, 0) is 24.6 Å². The zero-order chi connectivity index (χ0) is 19.5. The van der Waals surface area contributed by atoms with Crippen LogP contribution in [0.5, 0.6) is 0 Å². The van der Waals surface area contributed by atoms with Crippen molar-refractivity contribution < 1.29 is 4.42 Å². The highest BCUT2D eigenvalue weighted by molar-refractivity contribution is 8.00. The van der Waals surface area contributed by atoms with E-state index >= 15 is 0 Å². The van der Waals surface area contributed by atoms with E-state index in [0.29, 0.717) is 27.9 Å². The fourth-order valence-corrected chi connectivity index (χ4v) is 4.91. The van der Waals surface area contributed by atoms with Crippen LogP contribution < -0.4 is 5.73 Å². The summed E-state index contributed by atoms with van der Waals surface area (Å²) in [5.41, 5.74) is 10.3. The van der Waals surface area contributed by atoms with Crippen LogP contribution >= 0.6 is 23.1 Å². The molecule has 0 aliphatic heterocycles. The van der Waals surface area contributed by atoms with Crippen molar-refractivity contribution >= 4 is 28.8 Å². The van der Waals surface area contributed by atoms with Crippen molar-refractivity contribution in [3.63, 3.8) is 0 Å². The Hall–Kier alpha value is -3.08. The summed E-state index contributed by atoms with van der Waals surface area (Å²) < 4.78 is 6.67. The molecule has 2 heterocycles. The Balaban J connectivity index is 1.61. The Labute approximate surface area is 170 Å². The molecule has 4 rings (SSSR count). The number of aromatic nitrogens is 2. The number of thiophene rings is 1. The molecule has 0 aliphatic rings. The predicted molar refractivity (Wildman–Crippen MR) is 113 cm³/mol. The van der Waals surface area contributed by atoms with Crippen LogP contribution in [0, 0.1) is 18.3 Å². The maximum absolute atomic E-state index is 9.57. The first kappa shape index (κ1) is 18.3. The highest BCUT2D eigenvalue weighted by Gasteiger charge is 2.22. The van der Waals surface area contributed by atoms with Crippen LogP contribution in [0.2, 0.25) is 0 Å². The standard InChI is InChI=1S/C21H16N4OS2/c1-13-7-9-14(10-8-13)12-27-21-16(11-22)17(23)18(28-21)20-25-24-19(26-20)15-5-3-2-4-6-15/h2-10H,12,23H2,1H3. The van der Waals surface area contributed by atoms with Crippen molar-refractivity contribution in [1.82, 2.24) is 10.2 Å². The number of nitrogen functional groups attached to an aromatic ring is 1. The number of rotatable bonds is 5. The SMILES string of the molecule is Cc1ccc(CSc2sc(-c3nnc(-c4ccccc4)o3)c(N)c2C#N)cc1. The number of hydrogen-bond acceptors (Lipinski definition) is 7. The maximum Gasteiger partial charge on any atom is 0.260 e. The molecule has 0 amide bonds. The summed E-state index contributed by atoms with van der Waals surface area (Å²) in [6.07, 6.45) is 0. The summed E-state index contributed by atoms with van der Waals surface area (Å²) in [6, 6.07) is 20.1. The number of nitriles is 1. The van der Waals surface area contributed by atoms with Crippen molar-refractivity contribution in [2.24, 2.45) is 0 Å². The van der Waals surface area contributed by atoms with E-state index in [9.17, 15) is 5.26 Å². The molecule has 4 aromatic rings. The molecule has 0 fully saturated rings. The Morgan fingerprint density at radius 2 is 1.79 bits per heavy atom. The van der Waals surface area contributed by atoms with Crippen molar-refractivity contribution in [2.45, 2.75) is 16.9 Å². The van der Waals surface area contributed by atoms with Crippen LogP contribution in [0.4, 0.5) is 5.69 Å². The van der Waals surface area contributed by atoms with Crippen LogP contribution in [0.1, 0.15) is 16.7 Å². The fourth-order valence-electron chi connectivity index (χ4n) is 2.63. The van der Waals surface area contributed by atoms with Gasteiger partial charge in [0.1, 0.15) is 16.5 Å². The molecule has 0 saturated heterocycles. The zero-order valence-electron chi connectivity index (χ0n) is 15.0. The van der Waals surface area contributed by atoms with Gasteiger partial charge in [-0.3, -0.25) is 0 Å². The van der Waals surface area contributed by atoms with Gasteiger partial charge in [-0.15, -0.1) is 33.3 Å². The first-order chi connectivity index (χ1) is 13.7. The lowest BCUT2D eigenvalue weighted by atomic mass is 10.2. The zero-order valence-corrected chi connectivity index (χ0v) is 16.7. The Morgan fingerprint density at radius 1 is 1.07 bits per heavy atom. The van der Waals surface area contributed by atoms with Crippen molar-refractivity contribution in [3.8, 4) is 28.3 Å². The van der Waals surface area contributed by atoms with Gasteiger partial charge in [-0.25, -0.2) is 0 Å². The second kappa shape index (κ2) is 7.89. The fraction of sp³-hybridized carbons (Fsp3) is 0.0952. The van der Waals surface area contributed by atoms with E-state index in [4.69, 9.17) is 10.2 Å². The van der Waals surface area contributed by atoms with E-state index in [1.54, 1.807) is 11.8 Å². The summed E-state index contributed by atoms with van der Waals surface area (Å²) in [5, 5.41) is 17.8. The Morgan fingerprint density at radius 3 is 2.50 bits per heavy atom. The summed E-state index contributed by atoms with van der Waals surface area (Å²) in [5.74, 6) is 1.52. The third-order valence-electron chi connectivity index (χ3n) is 4.16. The second-order valence-electron chi connectivity index (χ2n) is 6.17. The van der Waals surface area contributed by atoms with E-state index in [1.807, 2.05) is 30.3 Å². The van der Waals surface area contributed by atoms with Crippen molar-refractivity contribution in [2.75, 3.05) is 5.73 Å². The summed E-state index contributed by atoms with van der Waals surface area (Å²) in [6.45, 7) is 2.06. The number of anilines is 1. The summed E-state index contributed by atoms with van der Waals surface area (Å²) in [4.78, 5) is 0.637. The van der Waals surface area contributed by atoms with Crippen LogP contribution in [0.15, 0.2) is 63.2 Å². The lowest BCUT2D eigenvalue weighted by Crippen LogP contribution is -1.89. The molecule has 0 bridgehead atoms. The maximum atomic E-state index is 9.57. The third kappa shape index (κ3) is 3.65. The minimum atomic E-state index is 0.333. The van der Waals surface area contributed by atoms with E-state index in [2.05, 4.69) is 47.5 Å². The van der Waals surface area contributed by atoms with Crippen molar-refractivity contribution in [1.29, 1.82) is 5.26 Å². The van der Waals surface area contributed by atoms with Crippen molar-refractivity contribution in [3.05, 3.63) is 71.3 Å². The highest BCUT2D eigenvalue weighted by atomic mass is 32.2. The monoisotopic (exact) mass is 404 g/mol. The van der Waals surface area contributed by atoms with Gasteiger partial charge in [-0.1, -0.05) is 48.0 Å². The predicted octanol–water partition coefficient (Wildman–Crippen LogP) is 5.52. The molecular formula is C21H16N4OS2. The number of thioether (sulfide) groups is 1. The normalized spacial score (nSPS) is 10.7. The topological polar surface area (TPSA) is 88.7 Å². The second-order valence-corrected chi connectivity index (χ2v) is 8.44. The van der Waals surface area contributed by atoms with E-state index in [-0.39, 0.29) is 0 Å². The van der Waals surface area contributed by atoms with Gasteiger partial charge in [0.15, 0.2) is 0 Å². The molecule has 2 aromatic heterocycles. The summed E-state index contributed by atoms with van der Waals surface area (Å²) in [7, 11) is 0. The smallest absolute Gasteiger partial charge is 0.260 e. The lowest BCUT2D eigenvalue weighted by Gasteiger charge is -2.01. The average Bonchev–Trinajstić information content (AvgIpc) is 3.33. The number of aryl methyl sites for hydroxylation is 1. The Kier molecular flexibility index (Phi) is 5.15. The van der Waals surface area contributed by atoms with E-state index < -0.39 is 0 Å². The molecule has 0 aliphatic carbocycles. The molecule has 5 nitrogen and oxygen atoms in total. The molecule has 7 heteroatoms. The van der Waals surface area contributed by atoms with Gasteiger partial charge < -0.3 is 10.2 Å². The first-order valence-corrected chi connectivity index (χ1v) is 10.4. The van der Waals surface area contributed by atoms with Gasteiger partial charge in [0.25, 0.3) is 5.89 Å². The molecule has 0 spiro atoms. The van der Waals surface area contributed by atoms with Gasteiger partial charge >= 0.3 is 0 Å². The van der Waals surface area contributed by atoms with Gasteiger partial charge in [0, 0.05) is 11.3 Å². The van der Waals surface area contributed by atoms with Gasteiger partial charge in [-0.2, -0.15) is 5.26 Å². The molecule has 0 saturated carbocycles. The Bertz CT molecular complexity index is 1140. The molecule has 0 atom stereocenters. The quantitative estimate of drug-likeness (QED) is 0.441.